The van der Waals surface area contributed by atoms with Crippen molar-refractivity contribution in [2.24, 2.45) is 11.1 Å². The van der Waals surface area contributed by atoms with E-state index in [-0.39, 0.29) is 11.3 Å². The Bertz CT molecular complexity index is 251. The summed E-state index contributed by atoms with van der Waals surface area (Å²) in [5.41, 5.74) is 5.55. The molecule has 0 radical (unpaired) electrons. The summed E-state index contributed by atoms with van der Waals surface area (Å²) < 4.78 is 5.48. The van der Waals surface area contributed by atoms with Gasteiger partial charge in [-0.3, -0.25) is 4.79 Å². The van der Waals surface area contributed by atoms with Gasteiger partial charge in [-0.15, -0.1) is 0 Å². The van der Waals surface area contributed by atoms with Crippen molar-refractivity contribution in [3.05, 3.63) is 0 Å². The molecule has 4 nitrogen and oxygen atoms in total. The minimum absolute atomic E-state index is 0.156. The van der Waals surface area contributed by atoms with Gasteiger partial charge in [-0.1, -0.05) is 32.6 Å². The summed E-state index contributed by atoms with van der Waals surface area (Å²) in [5.74, 6) is 0.156. The van der Waals surface area contributed by atoms with Crippen molar-refractivity contribution in [3.8, 4) is 0 Å². The zero-order valence-corrected chi connectivity index (χ0v) is 12.4. The van der Waals surface area contributed by atoms with Gasteiger partial charge in [0.1, 0.15) is 0 Å². The largest absolute Gasteiger partial charge is 0.381 e. The van der Waals surface area contributed by atoms with Crippen LogP contribution in [0.2, 0.25) is 0 Å². The molecular formula is C15H30N2O2. The number of rotatable bonds is 9. The van der Waals surface area contributed by atoms with Crippen LogP contribution in [0.1, 0.15) is 58.3 Å². The quantitative estimate of drug-likeness (QED) is 0.631. The van der Waals surface area contributed by atoms with E-state index in [2.05, 4.69) is 12.2 Å². The zero-order valence-electron chi connectivity index (χ0n) is 12.4. The molecule has 0 aromatic heterocycles. The van der Waals surface area contributed by atoms with Crippen molar-refractivity contribution in [1.82, 2.24) is 5.32 Å². The lowest BCUT2D eigenvalue weighted by Crippen LogP contribution is -2.47. The first-order valence-corrected chi connectivity index (χ1v) is 7.81. The fourth-order valence-corrected chi connectivity index (χ4v) is 2.66. The number of hydrogen-bond acceptors (Lipinski definition) is 3. The standard InChI is InChI=1S/C15H30N2O2/c1-2-3-11-19-12-7-10-17-14(18)15(13-16)8-5-4-6-9-15/h2-13,16H2,1H3,(H,17,18). The van der Waals surface area contributed by atoms with E-state index in [0.717, 1.165) is 58.2 Å². The van der Waals surface area contributed by atoms with Crippen LogP contribution in [0.4, 0.5) is 0 Å². The van der Waals surface area contributed by atoms with Crippen molar-refractivity contribution in [2.45, 2.75) is 58.3 Å². The van der Waals surface area contributed by atoms with Gasteiger partial charge in [0.05, 0.1) is 5.41 Å². The van der Waals surface area contributed by atoms with Gasteiger partial charge in [0.2, 0.25) is 5.91 Å². The van der Waals surface area contributed by atoms with E-state index in [1.54, 1.807) is 0 Å². The highest BCUT2D eigenvalue weighted by atomic mass is 16.5. The number of unbranched alkanes of at least 4 members (excludes halogenated alkanes) is 1. The summed E-state index contributed by atoms with van der Waals surface area (Å²) in [5, 5.41) is 3.04. The first-order chi connectivity index (χ1) is 9.25. The van der Waals surface area contributed by atoms with Crippen LogP contribution in [-0.2, 0) is 9.53 Å². The van der Waals surface area contributed by atoms with Crippen LogP contribution in [-0.4, -0.2) is 32.2 Å². The van der Waals surface area contributed by atoms with Gasteiger partial charge >= 0.3 is 0 Å². The molecule has 1 amide bonds. The van der Waals surface area contributed by atoms with E-state index < -0.39 is 0 Å². The summed E-state index contributed by atoms with van der Waals surface area (Å²) >= 11 is 0. The molecule has 3 N–H and O–H groups in total. The summed E-state index contributed by atoms with van der Waals surface area (Å²) in [7, 11) is 0. The SMILES string of the molecule is CCCCOCCCNC(=O)C1(CN)CCCCC1. The van der Waals surface area contributed by atoms with Gasteiger partial charge in [0.25, 0.3) is 0 Å². The predicted octanol–water partition coefficient (Wildman–Crippen LogP) is 2.22. The molecule has 0 bridgehead atoms. The highest BCUT2D eigenvalue weighted by Gasteiger charge is 2.37. The number of carbonyl (C=O) groups excluding carboxylic acids is 1. The van der Waals surface area contributed by atoms with E-state index in [9.17, 15) is 4.79 Å². The van der Waals surface area contributed by atoms with Crippen LogP contribution in [0.3, 0.4) is 0 Å². The second-order valence-electron chi connectivity index (χ2n) is 5.62. The topological polar surface area (TPSA) is 64.3 Å². The second kappa shape index (κ2) is 9.32. The Morgan fingerprint density at radius 1 is 1.21 bits per heavy atom. The first-order valence-electron chi connectivity index (χ1n) is 7.81. The molecule has 0 spiro atoms. The first kappa shape index (κ1) is 16.4. The average Bonchev–Trinajstić information content (AvgIpc) is 2.46. The van der Waals surface area contributed by atoms with Crippen molar-refractivity contribution >= 4 is 5.91 Å². The van der Waals surface area contributed by atoms with Gasteiger partial charge in [-0.05, 0) is 25.7 Å². The van der Waals surface area contributed by atoms with Gasteiger partial charge in [0, 0.05) is 26.3 Å². The normalized spacial score (nSPS) is 18.2. The number of nitrogens with one attached hydrogen (secondary N) is 1. The lowest BCUT2D eigenvalue weighted by Gasteiger charge is -2.34. The number of ether oxygens (including phenoxy) is 1. The Labute approximate surface area is 117 Å². The molecule has 0 aromatic carbocycles. The van der Waals surface area contributed by atoms with Crippen LogP contribution in [0.25, 0.3) is 0 Å². The third-order valence-electron chi connectivity index (χ3n) is 4.08. The molecule has 1 fully saturated rings. The molecule has 0 unspecified atom stereocenters. The third kappa shape index (κ3) is 5.49. The number of nitrogens with two attached hydrogens (primary N) is 1. The zero-order chi connectivity index (χ0) is 14.0. The molecule has 1 saturated carbocycles. The summed E-state index contributed by atoms with van der Waals surface area (Å²) in [6, 6.07) is 0. The lowest BCUT2D eigenvalue weighted by atomic mass is 9.73. The molecule has 112 valence electrons. The van der Waals surface area contributed by atoms with E-state index in [1.165, 1.54) is 6.42 Å². The van der Waals surface area contributed by atoms with Crippen molar-refractivity contribution in [2.75, 3.05) is 26.3 Å². The molecule has 0 aliphatic heterocycles. The number of carbonyl (C=O) groups is 1. The van der Waals surface area contributed by atoms with E-state index in [1.807, 2.05) is 0 Å². The Morgan fingerprint density at radius 2 is 1.89 bits per heavy atom. The molecule has 4 heteroatoms. The van der Waals surface area contributed by atoms with Crippen molar-refractivity contribution < 1.29 is 9.53 Å². The van der Waals surface area contributed by atoms with Crippen LogP contribution in [0.15, 0.2) is 0 Å². The highest BCUT2D eigenvalue weighted by Crippen LogP contribution is 2.35. The molecule has 0 saturated heterocycles. The van der Waals surface area contributed by atoms with Gasteiger partial charge < -0.3 is 15.8 Å². The maximum absolute atomic E-state index is 12.3. The maximum atomic E-state index is 12.3. The maximum Gasteiger partial charge on any atom is 0.227 e. The molecule has 0 atom stereocenters. The van der Waals surface area contributed by atoms with Gasteiger partial charge in [0.15, 0.2) is 0 Å². The average molecular weight is 270 g/mol. The third-order valence-corrected chi connectivity index (χ3v) is 4.08. The molecular weight excluding hydrogens is 240 g/mol. The summed E-state index contributed by atoms with van der Waals surface area (Å²) in [4.78, 5) is 12.3. The molecule has 19 heavy (non-hydrogen) atoms. The van der Waals surface area contributed by atoms with Gasteiger partial charge in [-0.2, -0.15) is 0 Å². The Morgan fingerprint density at radius 3 is 2.53 bits per heavy atom. The highest BCUT2D eigenvalue weighted by molar-refractivity contribution is 5.82. The Kier molecular flexibility index (Phi) is 8.07. The van der Waals surface area contributed by atoms with Crippen molar-refractivity contribution in [3.63, 3.8) is 0 Å². The van der Waals surface area contributed by atoms with Crippen LogP contribution in [0, 0.1) is 5.41 Å². The smallest absolute Gasteiger partial charge is 0.227 e. The minimum atomic E-state index is -0.290. The number of hydrogen-bond donors (Lipinski definition) is 2. The summed E-state index contributed by atoms with van der Waals surface area (Å²) in [6.07, 6.45) is 8.55. The monoisotopic (exact) mass is 270 g/mol. The lowest BCUT2D eigenvalue weighted by molar-refractivity contribution is -0.132. The predicted molar refractivity (Wildman–Crippen MR) is 77.9 cm³/mol. The fourth-order valence-electron chi connectivity index (χ4n) is 2.66. The van der Waals surface area contributed by atoms with Crippen LogP contribution >= 0.6 is 0 Å². The Hall–Kier alpha value is -0.610. The van der Waals surface area contributed by atoms with Crippen LogP contribution < -0.4 is 11.1 Å². The molecule has 0 aromatic rings. The van der Waals surface area contributed by atoms with Crippen LogP contribution in [0.5, 0.6) is 0 Å². The fraction of sp³-hybridized carbons (Fsp3) is 0.933. The van der Waals surface area contributed by atoms with E-state index in [4.69, 9.17) is 10.5 Å². The van der Waals surface area contributed by atoms with Gasteiger partial charge in [-0.25, -0.2) is 0 Å². The van der Waals surface area contributed by atoms with E-state index in [0.29, 0.717) is 13.1 Å². The van der Waals surface area contributed by atoms with Crippen molar-refractivity contribution in [1.29, 1.82) is 0 Å². The van der Waals surface area contributed by atoms with E-state index >= 15 is 0 Å². The molecule has 1 rings (SSSR count). The Balaban J connectivity index is 2.15. The number of amides is 1. The molecule has 0 heterocycles. The molecule has 1 aliphatic rings. The molecule has 1 aliphatic carbocycles. The summed E-state index contributed by atoms with van der Waals surface area (Å²) in [6.45, 7) is 4.89. The minimum Gasteiger partial charge on any atom is -0.381 e. The second-order valence-corrected chi connectivity index (χ2v) is 5.62.